The summed E-state index contributed by atoms with van der Waals surface area (Å²) in [4.78, 5) is 11.3. The first-order chi connectivity index (χ1) is 9.13. The van der Waals surface area contributed by atoms with Crippen LogP contribution < -0.4 is 0 Å². The van der Waals surface area contributed by atoms with Gasteiger partial charge in [0.15, 0.2) is 0 Å². The van der Waals surface area contributed by atoms with Gasteiger partial charge in [-0.25, -0.2) is 4.79 Å². The third kappa shape index (κ3) is 2.97. The molecule has 1 aromatic rings. The number of ether oxygens (including phenoxy) is 1. The average molecular weight is 294 g/mol. The highest BCUT2D eigenvalue weighted by Crippen LogP contribution is 2.48. The SMILES string of the molecule is C=C(C(=O)OC)C(c1ccccc1)C(F)(F)C(F)(F)F. The van der Waals surface area contributed by atoms with E-state index in [1.54, 1.807) is 0 Å². The van der Waals surface area contributed by atoms with E-state index in [0.717, 1.165) is 19.2 Å². The summed E-state index contributed by atoms with van der Waals surface area (Å²) >= 11 is 0. The van der Waals surface area contributed by atoms with Gasteiger partial charge in [-0.15, -0.1) is 0 Å². The highest BCUT2D eigenvalue weighted by Gasteiger charge is 2.64. The lowest BCUT2D eigenvalue weighted by Gasteiger charge is -2.29. The number of carbonyl (C=O) groups is 1. The predicted octanol–water partition coefficient (Wildman–Crippen LogP) is 3.70. The Morgan fingerprint density at radius 2 is 1.65 bits per heavy atom. The van der Waals surface area contributed by atoms with Gasteiger partial charge in [0.05, 0.1) is 13.0 Å². The maximum absolute atomic E-state index is 13.6. The van der Waals surface area contributed by atoms with Crippen molar-refractivity contribution < 1.29 is 31.5 Å². The van der Waals surface area contributed by atoms with Crippen LogP contribution in [0.1, 0.15) is 11.5 Å². The molecular formula is C13H11F5O2. The van der Waals surface area contributed by atoms with Crippen molar-refractivity contribution in [2.45, 2.75) is 18.0 Å². The first kappa shape index (κ1) is 16.1. The van der Waals surface area contributed by atoms with E-state index < -0.39 is 29.6 Å². The molecule has 1 rings (SSSR count). The van der Waals surface area contributed by atoms with Gasteiger partial charge in [-0.2, -0.15) is 22.0 Å². The molecule has 7 heteroatoms. The smallest absolute Gasteiger partial charge is 0.454 e. The van der Waals surface area contributed by atoms with Crippen LogP contribution in [-0.4, -0.2) is 25.2 Å². The zero-order valence-corrected chi connectivity index (χ0v) is 10.4. The summed E-state index contributed by atoms with van der Waals surface area (Å²) in [7, 11) is 0.876. The van der Waals surface area contributed by atoms with E-state index in [9.17, 15) is 26.7 Å². The molecule has 0 aliphatic rings. The topological polar surface area (TPSA) is 26.3 Å². The Morgan fingerprint density at radius 3 is 2.05 bits per heavy atom. The summed E-state index contributed by atoms with van der Waals surface area (Å²) in [6, 6.07) is 6.17. The van der Waals surface area contributed by atoms with Crippen LogP contribution in [0, 0.1) is 0 Å². The third-order valence-electron chi connectivity index (χ3n) is 2.67. The van der Waals surface area contributed by atoms with Crippen molar-refractivity contribution in [1.29, 1.82) is 0 Å². The number of hydrogen-bond donors (Lipinski definition) is 0. The standard InChI is InChI=1S/C13H11F5O2/c1-8(11(19)20-2)10(9-6-4-3-5-7-9)12(14,15)13(16,17)18/h3-7,10H,1H2,2H3. The quantitative estimate of drug-likeness (QED) is 0.481. The summed E-state index contributed by atoms with van der Waals surface area (Å²) in [6.45, 7) is 3.03. The fraction of sp³-hybridized carbons (Fsp3) is 0.308. The van der Waals surface area contributed by atoms with E-state index >= 15 is 0 Å². The Morgan fingerprint density at radius 1 is 1.15 bits per heavy atom. The summed E-state index contributed by atoms with van der Waals surface area (Å²) in [5, 5.41) is 0. The molecule has 110 valence electrons. The number of carbonyl (C=O) groups excluding carboxylic acids is 1. The van der Waals surface area contributed by atoms with Gasteiger partial charge in [0.2, 0.25) is 0 Å². The first-order valence-corrected chi connectivity index (χ1v) is 5.39. The molecule has 20 heavy (non-hydrogen) atoms. The summed E-state index contributed by atoms with van der Waals surface area (Å²) in [6.07, 6.45) is -5.82. The zero-order valence-electron chi connectivity index (χ0n) is 10.4. The molecule has 0 amide bonds. The van der Waals surface area contributed by atoms with E-state index in [2.05, 4.69) is 11.3 Å². The molecule has 1 atom stereocenters. The Hall–Kier alpha value is -1.92. The summed E-state index contributed by atoms with van der Waals surface area (Å²) < 4.78 is 69.1. The highest BCUT2D eigenvalue weighted by atomic mass is 19.4. The van der Waals surface area contributed by atoms with Crippen molar-refractivity contribution in [1.82, 2.24) is 0 Å². The van der Waals surface area contributed by atoms with Crippen LogP contribution in [-0.2, 0) is 9.53 Å². The van der Waals surface area contributed by atoms with Crippen molar-refractivity contribution in [2.75, 3.05) is 7.11 Å². The number of methoxy groups -OCH3 is 1. The molecule has 0 heterocycles. The second-order valence-electron chi connectivity index (χ2n) is 3.98. The van der Waals surface area contributed by atoms with E-state index in [-0.39, 0.29) is 5.56 Å². The second-order valence-corrected chi connectivity index (χ2v) is 3.98. The first-order valence-electron chi connectivity index (χ1n) is 5.39. The van der Waals surface area contributed by atoms with Crippen molar-refractivity contribution in [3.63, 3.8) is 0 Å². The third-order valence-corrected chi connectivity index (χ3v) is 2.67. The van der Waals surface area contributed by atoms with E-state index in [1.807, 2.05) is 0 Å². The molecule has 0 N–H and O–H groups in total. The number of hydrogen-bond acceptors (Lipinski definition) is 2. The van der Waals surface area contributed by atoms with E-state index in [1.165, 1.54) is 18.2 Å². The van der Waals surface area contributed by atoms with Crippen molar-refractivity contribution >= 4 is 5.97 Å². The van der Waals surface area contributed by atoms with Gasteiger partial charge in [0.25, 0.3) is 0 Å². The number of benzene rings is 1. The Bertz CT molecular complexity index is 493. The normalized spacial score (nSPS) is 13.7. The second kappa shape index (κ2) is 5.60. The molecule has 0 saturated carbocycles. The van der Waals surface area contributed by atoms with Crippen LogP contribution in [0.2, 0.25) is 0 Å². The minimum absolute atomic E-state index is 0.370. The molecule has 0 saturated heterocycles. The van der Waals surface area contributed by atoms with Crippen molar-refractivity contribution in [2.24, 2.45) is 0 Å². The fourth-order valence-electron chi connectivity index (χ4n) is 1.69. The molecule has 0 radical (unpaired) electrons. The molecule has 1 unspecified atom stereocenters. The van der Waals surface area contributed by atoms with E-state index in [4.69, 9.17) is 0 Å². The van der Waals surface area contributed by atoms with Crippen LogP contribution in [0.5, 0.6) is 0 Å². The molecule has 0 fully saturated rings. The lowest BCUT2D eigenvalue weighted by atomic mass is 9.86. The van der Waals surface area contributed by atoms with Crippen LogP contribution >= 0.6 is 0 Å². The minimum Gasteiger partial charge on any atom is -0.466 e. The number of esters is 1. The van der Waals surface area contributed by atoms with Gasteiger partial charge in [0, 0.05) is 5.57 Å². The molecule has 0 aliphatic heterocycles. The van der Waals surface area contributed by atoms with Crippen LogP contribution in [0.25, 0.3) is 0 Å². The zero-order chi connectivity index (χ0) is 15.6. The Balaban J connectivity index is 3.37. The van der Waals surface area contributed by atoms with Crippen molar-refractivity contribution in [3.8, 4) is 0 Å². The maximum atomic E-state index is 13.6. The molecule has 2 nitrogen and oxygen atoms in total. The van der Waals surface area contributed by atoms with Gasteiger partial charge in [-0.3, -0.25) is 0 Å². The summed E-state index contributed by atoms with van der Waals surface area (Å²) in [5.74, 6) is -8.99. The van der Waals surface area contributed by atoms with Crippen LogP contribution in [0.4, 0.5) is 22.0 Å². The molecule has 0 bridgehead atoms. The van der Waals surface area contributed by atoms with Crippen LogP contribution in [0.15, 0.2) is 42.5 Å². The number of alkyl halides is 5. The van der Waals surface area contributed by atoms with Gasteiger partial charge >= 0.3 is 18.1 Å². The maximum Gasteiger partial charge on any atom is 0.454 e. The van der Waals surface area contributed by atoms with Crippen LogP contribution in [0.3, 0.4) is 0 Å². The summed E-state index contributed by atoms with van der Waals surface area (Å²) in [5.41, 5.74) is -1.33. The molecule has 1 aromatic carbocycles. The van der Waals surface area contributed by atoms with Gasteiger partial charge < -0.3 is 4.74 Å². The molecule has 0 spiro atoms. The fourth-order valence-corrected chi connectivity index (χ4v) is 1.69. The Kier molecular flexibility index (Phi) is 4.52. The molecule has 0 aromatic heterocycles. The van der Waals surface area contributed by atoms with E-state index in [0.29, 0.717) is 0 Å². The number of halogens is 5. The largest absolute Gasteiger partial charge is 0.466 e. The average Bonchev–Trinajstić information content (AvgIpc) is 2.37. The monoisotopic (exact) mass is 294 g/mol. The minimum atomic E-state index is -5.82. The van der Waals surface area contributed by atoms with Gasteiger partial charge in [0.1, 0.15) is 0 Å². The predicted molar refractivity (Wildman–Crippen MR) is 61.3 cm³/mol. The van der Waals surface area contributed by atoms with Gasteiger partial charge in [-0.1, -0.05) is 36.9 Å². The Labute approximate surface area is 111 Å². The molecule has 0 aliphatic carbocycles. The van der Waals surface area contributed by atoms with Gasteiger partial charge in [-0.05, 0) is 5.56 Å². The lowest BCUT2D eigenvalue weighted by molar-refractivity contribution is -0.287. The number of rotatable bonds is 4. The highest BCUT2D eigenvalue weighted by molar-refractivity contribution is 5.89. The molecular weight excluding hydrogens is 283 g/mol. The van der Waals surface area contributed by atoms with Crippen molar-refractivity contribution in [3.05, 3.63) is 48.0 Å². The lowest BCUT2D eigenvalue weighted by Crippen LogP contribution is -2.43.